The van der Waals surface area contributed by atoms with Crippen molar-refractivity contribution >= 4 is 15.7 Å². The van der Waals surface area contributed by atoms with E-state index in [4.69, 9.17) is 0 Å². The molecule has 1 aromatic carbocycles. The largest absolute Gasteiger partial charge is 0.384 e. The Labute approximate surface area is 108 Å². The van der Waals surface area contributed by atoms with E-state index in [1.54, 1.807) is 12.1 Å². The predicted octanol–water partition coefficient (Wildman–Crippen LogP) is 1.73. The van der Waals surface area contributed by atoms with Crippen molar-refractivity contribution in [3.63, 3.8) is 0 Å². The molecule has 0 amide bonds. The summed E-state index contributed by atoms with van der Waals surface area (Å²) in [6, 6.07) is 5.35. The maximum Gasteiger partial charge on any atom is 0.240 e. The second kappa shape index (κ2) is 4.55. The average molecular weight is 266 g/mol. The molecule has 1 aliphatic heterocycles. The second-order valence-electron chi connectivity index (χ2n) is 5.14. The SMILES string of the molecule is O=S(=O)(NCC1CCC1)c1ccc2c(c1)NCC2. The van der Waals surface area contributed by atoms with Crippen LogP contribution in [-0.2, 0) is 16.4 Å². The average Bonchev–Trinajstić information content (AvgIpc) is 2.73. The van der Waals surface area contributed by atoms with Crippen molar-refractivity contribution in [3.05, 3.63) is 23.8 Å². The fourth-order valence-corrected chi connectivity index (χ4v) is 3.59. The van der Waals surface area contributed by atoms with Crippen molar-refractivity contribution < 1.29 is 8.42 Å². The van der Waals surface area contributed by atoms with Gasteiger partial charge in [-0.05, 0) is 42.9 Å². The van der Waals surface area contributed by atoms with Gasteiger partial charge >= 0.3 is 0 Å². The third-order valence-corrected chi connectivity index (χ3v) is 5.31. The lowest BCUT2D eigenvalue weighted by molar-refractivity contribution is 0.316. The molecular formula is C13H18N2O2S. The van der Waals surface area contributed by atoms with Crippen LogP contribution < -0.4 is 10.0 Å². The van der Waals surface area contributed by atoms with E-state index >= 15 is 0 Å². The molecule has 2 N–H and O–H groups in total. The van der Waals surface area contributed by atoms with Crippen LogP contribution in [0.3, 0.4) is 0 Å². The minimum Gasteiger partial charge on any atom is -0.384 e. The Hall–Kier alpha value is -1.07. The van der Waals surface area contributed by atoms with Gasteiger partial charge in [-0.1, -0.05) is 12.5 Å². The van der Waals surface area contributed by atoms with Gasteiger partial charge in [-0.25, -0.2) is 13.1 Å². The summed E-state index contributed by atoms with van der Waals surface area (Å²) < 4.78 is 27.0. The number of hydrogen-bond donors (Lipinski definition) is 2. The molecule has 5 heteroatoms. The van der Waals surface area contributed by atoms with Crippen molar-refractivity contribution in [3.8, 4) is 0 Å². The minimum atomic E-state index is -3.34. The van der Waals surface area contributed by atoms with Gasteiger partial charge in [-0.2, -0.15) is 0 Å². The molecular weight excluding hydrogens is 248 g/mol. The monoisotopic (exact) mass is 266 g/mol. The van der Waals surface area contributed by atoms with Crippen molar-refractivity contribution in [2.45, 2.75) is 30.6 Å². The van der Waals surface area contributed by atoms with E-state index in [1.165, 1.54) is 12.0 Å². The van der Waals surface area contributed by atoms with Crippen molar-refractivity contribution in [1.82, 2.24) is 4.72 Å². The first-order chi connectivity index (χ1) is 8.65. The third-order valence-electron chi connectivity index (χ3n) is 3.89. The summed E-state index contributed by atoms with van der Waals surface area (Å²) in [6.07, 6.45) is 4.50. The topological polar surface area (TPSA) is 58.2 Å². The van der Waals surface area contributed by atoms with Crippen LogP contribution in [0.1, 0.15) is 24.8 Å². The molecule has 0 saturated heterocycles. The summed E-state index contributed by atoms with van der Waals surface area (Å²) >= 11 is 0. The molecule has 0 aromatic heterocycles. The van der Waals surface area contributed by atoms with Gasteiger partial charge in [0, 0.05) is 18.8 Å². The van der Waals surface area contributed by atoms with Crippen LogP contribution in [0.4, 0.5) is 5.69 Å². The van der Waals surface area contributed by atoms with E-state index < -0.39 is 10.0 Å². The molecule has 3 rings (SSSR count). The standard InChI is InChI=1S/C13H18N2O2S/c16-18(17,15-9-10-2-1-3-10)12-5-4-11-6-7-14-13(11)8-12/h4-5,8,10,14-15H,1-3,6-7,9H2. The van der Waals surface area contributed by atoms with Crippen LogP contribution in [0.25, 0.3) is 0 Å². The van der Waals surface area contributed by atoms with E-state index in [9.17, 15) is 8.42 Å². The Morgan fingerprint density at radius 3 is 2.89 bits per heavy atom. The highest BCUT2D eigenvalue weighted by Crippen LogP contribution is 2.27. The first-order valence-electron chi connectivity index (χ1n) is 6.52. The smallest absolute Gasteiger partial charge is 0.240 e. The van der Waals surface area contributed by atoms with Crippen molar-refractivity contribution in [2.75, 3.05) is 18.4 Å². The zero-order valence-corrected chi connectivity index (χ0v) is 11.1. The molecule has 1 aromatic rings. The van der Waals surface area contributed by atoms with Crippen LogP contribution in [0.2, 0.25) is 0 Å². The normalized spacial score (nSPS) is 19.1. The maximum atomic E-state index is 12.1. The quantitative estimate of drug-likeness (QED) is 0.872. The Bertz CT molecular complexity index is 550. The van der Waals surface area contributed by atoms with Gasteiger partial charge in [0.2, 0.25) is 10.0 Å². The number of anilines is 1. The second-order valence-corrected chi connectivity index (χ2v) is 6.91. The first kappa shape index (κ1) is 12.0. The van der Waals surface area contributed by atoms with Crippen molar-refractivity contribution in [2.24, 2.45) is 5.92 Å². The summed E-state index contributed by atoms with van der Waals surface area (Å²) in [5.41, 5.74) is 2.16. The predicted molar refractivity (Wildman–Crippen MR) is 71.2 cm³/mol. The van der Waals surface area contributed by atoms with Crippen molar-refractivity contribution in [1.29, 1.82) is 0 Å². The molecule has 0 bridgehead atoms. The van der Waals surface area contributed by atoms with Crippen LogP contribution in [0.15, 0.2) is 23.1 Å². The fraction of sp³-hybridized carbons (Fsp3) is 0.538. The number of benzene rings is 1. The highest BCUT2D eigenvalue weighted by molar-refractivity contribution is 7.89. The Morgan fingerprint density at radius 2 is 2.17 bits per heavy atom. The zero-order chi connectivity index (χ0) is 12.6. The molecule has 98 valence electrons. The number of rotatable bonds is 4. The van der Waals surface area contributed by atoms with Crippen LogP contribution in [-0.4, -0.2) is 21.5 Å². The lowest BCUT2D eigenvalue weighted by Crippen LogP contribution is -2.32. The summed E-state index contributed by atoms with van der Waals surface area (Å²) in [4.78, 5) is 0.370. The molecule has 1 aliphatic carbocycles. The van der Waals surface area contributed by atoms with E-state index in [2.05, 4.69) is 10.0 Å². The Kier molecular flexibility index (Phi) is 3.03. The van der Waals surface area contributed by atoms with Crippen LogP contribution in [0, 0.1) is 5.92 Å². The molecule has 1 heterocycles. The van der Waals surface area contributed by atoms with E-state index in [0.717, 1.165) is 31.5 Å². The number of hydrogen-bond acceptors (Lipinski definition) is 3. The third kappa shape index (κ3) is 2.24. The maximum absolute atomic E-state index is 12.1. The summed E-state index contributed by atoms with van der Waals surface area (Å²) in [7, 11) is -3.34. The first-order valence-corrected chi connectivity index (χ1v) is 8.00. The van der Waals surface area contributed by atoms with E-state index in [0.29, 0.717) is 17.4 Å². The fourth-order valence-electron chi connectivity index (χ4n) is 2.44. The van der Waals surface area contributed by atoms with E-state index in [1.807, 2.05) is 6.07 Å². The summed E-state index contributed by atoms with van der Waals surface area (Å²) in [5, 5.41) is 3.21. The Balaban J connectivity index is 1.75. The Morgan fingerprint density at radius 1 is 1.33 bits per heavy atom. The molecule has 2 aliphatic rings. The summed E-state index contributed by atoms with van der Waals surface area (Å²) in [6.45, 7) is 1.47. The summed E-state index contributed by atoms with van der Waals surface area (Å²) in [5.74, 6) is 0.535. The molecule has 1 saturated carbocycles. The van der Waals surface area contributed by atoms with Gasteiger partial charge in [0.05, 0.1) is 4.90 Å². The van der Waals surface area contributed by atoms with Gasteiger partial charge in [0.1, 0.15) is 0 Å². The van der Waals surface area contributed by atoms with Gasteiger partial charge in [-0.15, -0.1) is 0 Å². The van der Waals surface area contributed by atoms with Crippen LogP contribution >= 0.6 is 0 Å². The molecule has 1 fully saturated rings. The highest BCUT2D eigenvalue weighted by Gasteiger charge is 2.22. The lowest BCUT2D eigenvalue weighted by atomic mass is 9.86. The molecule has 4 nitrogen and oxygen atoms in total. The number of fused-ring (bicyclic) bond motifs is 1. The molecule has 0 atom stereocenters. The van der Waals surface area contributed by atoms with Gasteiger partial charge < -0.3 is 5.32 Å². The zero-order valence-electron chi connectivity index (χ0n) is 10.3. The molecule has 0 spiro atoms. The van der Waals surface area contributed by atoms with Gasteiger partial charge in [-0.3, -0.25) is 0 Å². The highest BCUT2D eigenvalue weighted by atomic mass is 32.2. The molecule has 0 radical (unpaired) electrons. The molecule has 18 heavy (non-hydrogen) atoms. The van der Waals surface area contributed by atoms with Gasteiger partial charge in [0.15, 0.2) is 0 Å². The number of sulfonamides is 1. The van der Waals surface area contributed by atoms with Gasteiger partial charge in [0.25, 0.3) is 0 Å². The lowest BCUT2D eigenvalue weighted by Gasteiger charge is -2.25. The van der Waals surface area contributed by atoms with Crippen LogP contribution in [0.5, 0.6) is 0 Å². The van der Waals surface area contributed by atoms with E-state index in [-0.39, 0.29) is 0 Å². The molecule has 0 unspecified atom stereocenters. The minimum absolute atomic E-state index is 0.370. The number of nitrogens with one attached hydrogen (secondary N) is 2.